The molecule has 118 valence electrons. The average molecular weight is 385 g/mol. The zero-order valence-corrected chi connectivity index (χ0v) is 15.1. The van der Waals surface area contributed by atoms with E-state index in [-0.39, 0.29) is 5.41 Å². The van der Waals surface area contributed by atoms with Gasteiger partial charge in [-0.3, -0.25) is 5.01 Å². The zero-order chi connectivity index (χ0) is 16.5. The van der Waals surface area contributed by atoms with Gasteiger partial charge in [-0.25, -0.2) is 15.8 Å². The van der Waals surface area contributed by atoms with Gasteiger partial charge in [-0.1, -0.05) is 50.6 Å². The number of nitrogens with two attached hydrogens (primary N) is 2. The van der Waals surface area contributed by atoms with Crippen molar-refractivity contribution in [2.45, 2.75) is 32.7 Å². The molecule has 0 saturated carbocycles. The van der Waals surface area contributed by atoms with Crippen LogP contribution in [0.3, 0.4) is 0 Å². The van der Waals surface area contributed by atoms with Crippen LogP contribution in [0.5, 0.6) is 0 Å². The number of nitrogen functional groups attached to an aromatic ring is 1. The first kappa shape index (κ1) is 17.0. The van der Waals surface area contributed by atoms with E-state index in [2.05, 4.69) is 25.9 Å². The van der Waals surface area contributed by atoms with Gasteiger partial charge in [0, 0.05) is 10.4 Å². The summed E-state index contributed by atoms with van der Waals surface area (Å²) in [6.07, 6.45) is 0. The van der Waals surface area contributed by atoms with Crippen LogP contribution in [0.4, 0.5) is 11.5 Å². The SMILES string of the molecule is CC(C)(C)c1nc(Br)c(N)c(N(N)Cc2ccccc2Cl)n1. The molecule has 1 heterocycles. The highest BCUT2D eigenvalue weighted by atomic mass is 79.9. The average Bonchev–Trinajstić information content (AvgIpc) is 2.43. The maximum Gasteiger partial charge on any atom is 0.171 e. The van der Waals surface area contributed by atoms with Crippen LogP contribution in [-0.2, 0) is 12.0 Å². The van der Waals surface area contributed by atoms with Gasteiger partial charge < -0.3 is 5.73 Å². The molecule has 0 amide bonds. The van der Waals surface area contributed by atoms with Crippen molar-refractivity contribution in [2.24, 2.45) is 5.84 Å². The first-order chi connectivity index (χ1) is 10.2. The Morgan fingerprint density at radius 1 is 1.23 bits per heavy atom. The van der Waals surface area contributed by atoms with E-state index in [0.29, 0.717) is 33.5 Å². The summed E-state index contributed by atoms with van der Waals surface area (Å²) in [5.41, 5.74) is 7.15. The van der Waals surface area contributed by atoms with Gasteiger partial charge in [0.2, 0.25) is 0 Å². The molecule has 0 aliphatic rings. The van der Waals surface area contributed by atoms with Crippen LogP contribution in [0.15, 0.2) is 28.9 Å². The third-order valence-corrected chi connectivity index (χ3v) is 4.09. The van der Waals surface area contributed by atoms with Crippen molar-refractivity contribution in [3.63, 3.8) is 0 Å². The highest BCUT2D eigenvalue weighted by molar-refractivity contribution is 9.10. The van der Waals surface area contributed by atoms with E-state index < -0.39 is 0 Å². The Morgan fingerprint density at radius 2 is 1.86 bits per heavy atom. The first-order valence-corrected chi connectivity index (χ1v) is 7.96. The molecule has 0 fully saturated rings. The fourth-order valence-corrected chi connectivity index (χ4v) is 2.41. The summed E-state index contributed by atoms with van der Waals surface area (Å²) in [4.78, 5) is 8.91. The third kappa shape index (κ3) is 3.69. The smallest absolute Gasteiger partial charge is 0.171 e. The largest absolute Gasteiger partial charge is 0.393 e. The second kappa shape index (κ2) is 6.40. The van der Waals surface area contributed by atoms with E-state index in [1.165, 1.54) is 5.01 Å². The van der Waals surface area contributed by atoms with E-state index in [0.717, 1.165) is 5.56 Å². The number of halogens is 2. The molecule has 2 aromatic rings. The predicted molar refractivity (Wildman–Crippen MR) is 94.7 cm³/mol. The van der Waals surface area contributed by atoms with E-state index in [4.69, 9.17) is 23.2 Å². The number of aromatic nitrogens is 2. The second-order valence-electron chi connectivity index (χ2n) is 6.04. The maximum absolute atomic E-state index is 6.18. The molecule has 7 heteroatoms. The minimum Gasteiger partial charge on any atom is -0.393 e. The minimum absolute atomic E-state index is 0.212. The number of rotatable bonds is 3. The monoisotopic (exact) mass is 383 g/mol. The van der Waals surface area contributed by atoms with Gasteiger partial charge in [0.05, 0.1) is 6.54 Å². The summed E-state index contributed by atoms with van der Waals surface area (Å²) >= 11 is 9.55. The Hall–Kier alpha value is -1.37. The molecule has 0 saturated heterocycles. The lowest BCUT2D eigenvalue weighted by molar-refractivity contribution is 0.542. The molecule has 22 heavy (non-hydrogen) atoms. The first-order valence-electron chi connectivity index (χ1n) is 6.79. The van der Waals surface area contributed by atoms with Gasteiger partial charge in [-0.15, -0.1) is 0 Å². The topological polar surface area (TPSA) is 81.1 Å². The van der Waals surface area contributed by atoms with Gasteiger partial charge in [-0.2, -0.15) is 0 Å². The summed E-state index contributed by atoms with van der Waals surface area (Å²) in [6.45, 7) is 6.49. The van der Waals surface area contributed by atoms with E-state index in [1.54, 1.807) is 0 Å². The predicted octanol–water partition coefficient (Wildman–Crippen LogP) is 3.65. The van der Waals surface area contributed by atoms with Crippen LogP contribution < -0.4 is 16.6 Å². The number of anilines is 2. The Bertz CT molecular complexity index is 684. The normalized spacial score (nSPS) is 11.5. The highest BCUT2D eigenvalue weighted by Gasteiger charge is 2.22. The van der Waals surface area contributed by atoms with Crippen LogP contribution in [0.1, 0.15) is 32.2 Å². The van der Waals surface area contributed by atoms with Crippen molar-refractivity contribution in [2.75, 3.05) is 10.7 Å². The quantitative estimate of drug-likeness (QED) is 0.479. The highest BCUT2D eigenvalue weighted by Crippen LogP contribution is 2.31. The van der Waals surface area contributed by atoms with Crippen LogP contribution in [0.25, 0.3) is 0 Å². The molecule has 0 atom stereocenters. The summed E-state index contributed by atoms with van der Waals surface area (Å²) < 4.78 is 0.539. The molecule has 0 radical (unpaired) electrons. The number of hydrogen-bond donors (Lipinski definition) is 2. The fraction of sp³-hybridized carbons (Fsp3) is 0.333. The van der Waals surface area contributed by atoms with Gasteiger partial charge in [-0.05, 0) is 27.6 Å². The van der Waals surface area contributed by atoms with Gasteiger partial charge in [0.25, 0.3) is 0 Å². The lowest BCUT2D eigenvalue weighted by Gasteiger charge is -2.24. The van der Waals surface area contributed by atoms with Crippen molar-refractivity contribution < 1.29 is 0 Å². The van der Waals surface area contributed by atoms with Gasteiger partial charge in [0.15, 0.2) is 5.82 Å². The number of benzene rings is 1. The molecule has 4 N–H and O–H groups in total. The molecule has 2 rings (SSSR count). The minimum atomic E-state index is -0.212. The van der Waals surface area contributed by atoms with Crippen molar-refractivity contribution >= 4 is 39.0 Å². The van der Waals surface area contributed by atoms with Crippen LogP contribution >= 0.6 is 27.5 Å². The molecule has 0 spiro atoms. The van der Waals surface area contributed by atoms with Gasteiger partial charge >= 0.3 is 0 Å². The lowest BCUT2D eigenvalue weighted by Crippen LogP contribution is -2.33. The Labute approximate surface area is 143 Å². The zero-order valence-electron chi connectivity index (χ0n) is 12.8. The number of nitrogens with zero attached hydrogens (tertiary/aromatic N) is 3. The van der Waals surface area contributed by atoms with Crippen LogP contribution in [0.2, 0.25) is 5.02 Å². The van der Waals surface area contributed by atoms with Crippen molar-refractivity contribution in [1.82, 2.24) is 9.97 Å². The molecule has 1 aromatic heterocycles. The van der Waals surface area contributed by atoms with Gasteiger partial charge in [0.1, 0.15) is 16.1 Å². The lowest BCUT2D eigenvalue weighted by atomic mass is 9.96. The van der Waals surface area contributed by atoms with Crippen molar-refractivity contribution in [1.29, 1.82) is 0 Å². The number of hydrazine groups is 1. The molecule has 0 aliphatic carbocycles. The van der Waals surface area contributed by atoms with Crippen LogP contribution in [-0.4, -0.2) is 9.97 Å². The van der Waals surface area contributed by atoms with E-state index in [1.807, 2.05) is 45.0 Å². The summed E-state index contributed by atoms with van der Waals surface area (Å²) in [6, 6.07) is 7.53. The standard InChI is InChI=1S/C15H19BrClN5/c1-15(2,3)14-20-12(16)11(18)13(21-14)22(19)8-9-6-4-5-7-10(9)17/h4-7H,8,18-19H2,1-3H3. The summed E-state index contributed by atoms with van der Waals surface area (Å²) in [5, 5.41) is 2.14. The Morgan fingerprint density at radius 3 is 2.45 bits per heavy atom. The molecule has 1 aromatic carbocycles. The van der Waals surface area contributed by atoms with E-state index in [9.17, 15) is 0 Å². The Balaban J connectivity index is 2.39. The summed E-state index contributed by atoms with van der Waals surface area (Å²) in [5.74, 6) is 7.30. The molecule has 5 nitrogen and oxygen atoms in total. The Kier molecular flexibility index (Phi) is 4.94. The molecule has 0 unspecified atom stereocenters. The maximum atomic E-state index is 6.18. The van der Waals surface area contributed by atoms with Crippen molar-refractivity contribution in [3.8, 4) is 0 Å². The second-order valence-corrected chi connectivity index (χ2v) is 7.20. The molecular weight excluding hydrogens is 366 g/mol. The third-order valence-electron chi connectivity index (χ3n) is 3.12. The molecule has 0 bridgehead atoms. The molecular formula is C15H19BrClN5. The van der Waals surface area contributed by atoms with E-state index >= 15 is 0 Å². The summed E-state index contributed by atoms with van der Waals surface area (Å²) in [7, 11) is 0. The number of hydrogen-bond acceptors (Lipinski definition) is 5. The van der Waals surface area contributed by atoms with Crippen molar-refractivity contribution in [3.05, 3.63) is 45.3 Å². The van der Waals surface area contributed by atoms with Crippen LogP contribution in [0, 0.1) is 0 Å². The fourth-order valence-electron chi connectivity index (χ4n) is 1.87. The molecule has 0 aliphatic heterocycles.